The molecule has 0 aromatic heterocycles. The molecule has 0 atom stereocenters. The van der Waals surface area contributed by atoms with Crippen LogP contribution in [-0.4, -0.2) is 21.6 Å². The predicted octanol–water partition coefficient (Wildman–Crippen LogP) is 1.61. The molecule has 0 fully saturated rings. The maximum atomic E-state index is 11.8. The maximum absolute atomic E-state index is 11.8. The van der Waals surface area contributed by atoms with Gasteiger partial charge in [0.15, 0.2) is 0 Å². The van der Waals surface area contributed by atoms with Crippen LogP contribution in [0.2, 0.25) is 0 Å². The number of benzene rings is 2. The summed E-state index contributed by atoms with van der Waals surface area (Å²) in [5, 5.41) is 2.78. The van der Waals surface area contributed by atoms with E-state index in [0.717, 1.165) is 4.35 Å². The van der Waals surface area contributed by atoms with E-state index in [9.17, 15) is 8.53 Å². The van der Waals surface area contributed by atoms with Gasteiger partial charge in [0.25, 0.3) is 0 Å². The fraction of sp³-hybridized carbons (Fsp3) is 0. The molecule has 0 aliphatic rings. The third kappa shape index (κ3) is 3.11. The van der Waals surface area contributed by atoms with Crippen molar-refractivity contribution in [3.8, 4) is 0 Å². The molecule has 17 heavy (non-hydrogen) atoms. The monoisotopic (exact) mass is 287 g/mol. The van der Waals surface area contributed by atoms with Crippen LogP contribution in [0.3, 0.4) is 0 Å². The zero-order chi connectivity index (χ0) is 12.1. The fourth-order valence-corrected chi connectivity index (χ4v) is 1.97. The molecule has 0 saturated heterocycles. The molecule has 0 spiro atoms. The van der Waals surface area contributed by atoms with Crippen molar-refractivity contribution in [1.82, 2.24) is 0 Å². The Morgan fingerprint density at radius 3 is 2.18 bits per heavy atom. The Morgan fingerprint density at radius 2 is 1.59 bits per heavy atom. The number of amides is 1. The number of hydrogen-bond acceptors (Lipinski definition) is 2. The molecule has 0 aliphatic carbocycles. The van der Waals surface area contributed by atoms with Crippen LogP contribution in [0, 0.1) is 0 Å². The summed E-state index contributed by atoms with van der Waals surface area (Å²) in [6.07, 6.45) is 0. The van der Waals surface area contributed by atoms with Gasteiger partial charge in [-0.3, -0.25) is 0 Å². The second-order valence-corrected chi connectivity index (χ2v) is 4.92. The van der Waals surface area contributed by atoms with Crippen LogP contribution in [0.5, 0.6) is 0 Å². The second-order valence-electron chi connectivity index (χ2n) is 3.46. The van der Waals surface area contributed by atoms with Gasteiger partial charge in [0.2, 0.25) is 0 Å². The first-order chi connectivity index (χ1) is 8.29. The minimum absolute atomic E-state index is 0.145. The average molecular weight is 287 g/mol. The van der Waals surface area contributed by atoms with Crippen molar-refractivity contribution in [3.63, 3.8) is 0 Å². The molecule has 2 rings (SSSR count). The summed E-state index contributed by atoms with van der Waals surface area (Å²) < 4.78 is 11.5. The van der Waals surface area contributed by atoms with Crippen molar-refractivity contribution in [2.45, 2.75) is 0 Å². The van der Waals surface area contributed by atoms with Crippen LogP contribution in [0.25, 0.3) is 0 Å². The van der Waals surface area contributed by atoms with Crippen LogP contribution >= 0.6 is 0 Å². The molecule has 1 amide bonds. The van der Waals surface area contributed by atoms with Gasteiger partial charge in [-0.2, -0.15) is 0 Å². The van der Waals surface area contributed by atoms with Gasteiger partial charge in [0, 0.05) is 0 Å². The number of carbonyl (C=O) groups excluding carboxylic acids is 1. The van der Waals surface area contributed by atoms with E-state index in [2.05, 4.69) is 5.32 Å². The zero-order valence-corrected chi connectivity index (χ0v) is 10.8. The van der Waals surface area contributed by atoms with Crippen LogP contribution in [0.4, 0.5) is 5.69 Å². The second kappa shape index (κ2) is 5.55. The molecule has 0 saturated carbocycles. The molecule has 2 aromatic carbocycles. The molecule has 0 aliphatic heterocycles. The summed E-state index contributed by atoms with van der Waals surface area (Å²) in [5.74, 6) is -0.145. The molecule has 0 heterocycles. The first-order valence-corrected chi connectivity index (χ1v) is 6.80. The van der Waals surface area contributed by atoms with Crippen molar-refractivity contribution in [2.24, 2.45) is 0 Å². The third-order valence-corrected chi connectivity index (χ3v) is 3.33. The Kier molecular flexibility index (Phi) is 3.84. The van der Waals surface area contributed by atoms with Crippen LogP contribution in [0.15, 0.2) is 54.6 Å². The summed E-state index contributed by atoms with van der Waals surface area (Å²) in [6, 6.07) is 16.0. The standard InChI is InChI=1S/C13H10AsNO2/c16-13(10-4-2-1-3-5-10)15-12-8-6-11(14-17)7-9-12/h1-9H,(H,15,16). The molecule has 84 valence electrons. The summed E-state index contributed by atoms with van der Waals surface area (Å²) in [5.41, 5.74) is 1.32. The molecule has 0 unspecified atom stereocenters. The molecular weight excluding hydrogens is 277 g/mol. The number of rotatable bonds is 3. The first kappa shape index (κ1) is 11.7. The number of anilines is 1. The topological polar surface area (TPSA) is 46.2 Å². The van der Waals surface area contributed by atoms with Gasteiger partial charge >= 0.3 is 106 Å². The Bertz CT molecular complexity index is 523. The number of nitrogens with one attached hydrogen (secondary N) is 1. The van der Waals surface area contributed by atoms with E-state index in [-0.39, 0.29) is 5.91 Å². The van der Waals surface area contributed by atoms with E-state index in [0.29, 0.717) is 11.3 Å². The van der Waals surface area contributed by atoms with Gasteiger partial charge in [0.1, 0.15) is 0 Å². The molecular formula is C13H10AsNO2. The molecule has 4 heteroatoms. The Labute approximate surface area is 106 Å². The molecule has 1 N–H and O–H groups in total. The van der Waals surface area contributed by atoms with Crippen molar-refractivity contribution < 1.29 is 8.53 Å². The van der Waals surface area contributed by atoms with Crippen LogP contribution < -0.4 is 9.67 Å². The van der Waals surface area contributed by atoms with E-state index in [4.69, 9.17) is 0 Å². The predicted molar refractivity (Wildman–Crippen MR) is 66.9 cm³/mol. The van der Waals surface area contributed by atoms with Gasteiger partial charge in [-0.15, -0.1) is 0 Å². The Morgan fingerprint density at radius 1 is 0.941 bits per heavy atom. The van der Waals surface area contributed by atoms with E-state index >= 15 is 0 Å². The molecule has 0 radical (unpaired) electrons. The summed E-state index contributed by atoms with van der Waals surface area (Å²) in [6.45, 7) is 0. The Balaban J connectivity index is 2.10. The minimum atomic E-state index is -1.00. The molecule has 0 bridgehead atoms. The van der Waals surface area contributed by atoms with Gasteiger partial charge < -0.3 is 0 Å². The summed E-state index contributed by atoms with van der Waals surface area (Å²) in [4.78, 5) is 11.8. The third-order valence-electron chi connectivity index (χ3n) is 2.27. The van der Waals surface area contributed by atoms with E-state index in [1.807, 2.05) is 18.2 Å². The van der Waals surface area contributed by atoms with Gasteiger partial charge in [-0.05, 0) is 0 Å². The van der Waals surface area contributed by atoms with Gasteiger partial charge in [-0.25, -0.2) is 0 Å². The van der Waals surface area contributed by atoms with Crippen molar-refractivity contribution >= 4 is 31.6 Å². The number of carbonyl (C=O) groups is 1. The Hall–Kier alpha value is -1.73. The zero-order valence-electron chi connectivity index (χ0n) is 8.96. The van der Waals surface area contributed by atoms with Gasteiger partial charge in [-0.1, -0.05) is 0 Å². The average Bonchev–Trinajstić information content (AvgIpc) is 2.40. The summed E-state index contributed by atoms with van der Waals surface area (Å²) >= 11 is -1.00. The summed E-state index contributed by atoms with van der Waals surface area (Å²) in [7, 11) is 0. The fourth-order valence-electron chi connectivity index (χ4n) is 1.40. The SMILES string of the molecule is O=[As]c1ccc(NC(=O)c2ccccc2)cc1. The first-order valence-electron chi connectivity index (χ1n) is 5.09. The normalized spacial score (nSPS) is 10.1. The molecule has 2 aromatic rings. The van der Waals surface area contributed by atoms with E-state index < -0.39 is 15.7 Å². The van der Waals surface area contributed by atoms with Crippen LogP contribution in [-0.2, 0) is 3.74 Å². The molecule has 3 nitrogen and oxygen atoms in total. The van der Waals surface area contributed by atoms with E-state index in [1.54, 1.807) is 36.4 Å². The van der Waals surface area contributed by atoms with Gasteiger partial charge in [0.05, 0.1) is 0 Å². The van der Waals surface area contributed by atoms with E-state index in [1.165, 1.54) is 0 Å². The number of hydrogen-bond donors (Lipinski definition) is 1. The quantitative estimate of drug-likeness (QED) is 0.872. The van der Waals surface area contributed by atoms with Crippen LogP contribution in [0.1, 0.15) is 10.4 Å². The van der Waals surface area contributed by atoms with Crippen molar-refractivity contribution in [2.75, 3.05) is 5.32 Å². The van der Waals surface area contributed by atoms with Crippen molar-refractivity contribution in [1.29, 1.82) is 0 Å². The van der Waals surface area contributed by atoms with Crippen molar-refractivity contribution in [3.05, 3.63) is 60.2 Å².